The Labute approximate surface area is 109 Å². The highest BCUT2D eigenvalue weighted by Gasteiger charge is 2.26. The standard InChI is InChI=1S/C14H24N2S/c1-14(2,3)12-11(9-15)17-13(16-12)10-7-5-4-6-8-10/h10H,4-9,15H2,1-3H3. The smallest absolute Gasteiger partial charge is 0.0962 e. The van der Waals surface area contributed by atoms with Crippen molar-refractivity contribution in [1.82, 2.24) is 4.98 Å². The molecule has 0 radical (unpaired) electrons. The molecule has 1 aliphatic rings. The molecule has 0 amide bonds. The number of hydrogen-bond donors (Lipinski definition) is 1. The van der Waals surface area contributed by atoms with E-state index in [0.29, 0.717) is 12.5 Å². The van der Waals surface area contributed by atoms with Crippen LogP contribution in [-0.4, -0.2) is 4.98 Å². The van der Waals surface area contributed by atoms with Gasteiger partial charge in [-0.1, -0.05) is 40.0 Å². The molecular formula is C14H24N2S. The molecule has 1 aromatic rings. The molecule has 1 aliphatic carbocycles. The van der Waals surface area contributed by atoms with Crippen LogP contribution in [0.5, 0.6) is 0 Å². The summed E-state index contributed by atoms with van der Waals surface area (Å²) >= 11 is 1.86. The molecule has 96 valence electrons. The fraction of sp³-hybridized carbons (Fsp3) is 0.786. The Hall–Kier alpha value is -0.410. The molecular weight excluding hydrogens is 228 g/mol. The molecule has 0 bridgehead atoms. The molecule has 1 fully saturated rings. The van der Waals surface area contributed by atoms with Gasteiger partial charge in [0.05, 0.1) is 10.7 Å². The van der Waals surface area contributed by atoms with Crippen LogP contribution in [0.15, 0.2) is 0 Å². The average molecular weight is 252 g/mol. The van der Waals surface area contributed by atoms with Gasteiger partial charge in [0.15, 0.2) is 0 Å². The topological polar surface area (TPSA) is 38.9 Å². The minimum atomic E-state index is 0.123. The maximum Gasteiger partial charge on any atom is 0.0962 e. The van der Waals surface area contributed by atoms with E-state index in [0.717, 1.165) is 0 Å². The summed E-state index contributed by atoms with van der Waals surface area (Å²) in [6.07, 6.45) is 6.78. The van der Waals surface area contributed by atoms with Gasteiger partial charge < -0.3 is 5.73 Å². The molecule has 0 saturated heterocycles. The SMILES string of the molecule is CC(C)(C)c1nc(C2CCCCC2)sc1CN. The maximum absolute atomic E-state index is 5.86. The number of aromatic nitrogens is 1. The molecule has 1 saturated carbocycles. The first kappa shape index (κ1) is 13.0. The Balaban J connectivity index is 2.27. The van der Waals surface area contributed by atoms with Crippen molar-refractivity contribution in [3.63, 3.8) is 0 Å². The van der Waals surface area contributed by atoms with Crippen LogP contribution in [0.1, 0.15) is 74.4 Å². The molecule has 0 aromatic carbocycles. The number of nitrogens with zero attached hydrogens (tertiary/aromatic N) is 1. The number of nitrogens with two attached hydrogens (primary N) is 1. The predicted octanol–water partition coefficient (Wildman–Crippen LogP) is 3.95. The Morgan fingerprint density at radius 1 is 1.24 bits per heavy atom. The largest absolute Gasteiger partial charge is 0.326 e. The van der Waals surface area contributed by atoms with E-state index in [1.165, 1.54) is 47.7 Å². The van der Waals surface area contributed by atoms with E-state index in [2.05, 4.69) is 20.8 Å². The van der Waals surface area contributed by atoms with Crippen LogP contribution in [0.3, 0.4) is 0 Å². The third-order valence-electron chi connectivity index (χ3n) is 3.56. The molecule has 0 spiro atoms. The summed E-state index contributed by atoms with van der Waals surface area (Å²) in [5.74, 6) is 0.704. The molecule has 2 nitrogen and oxygen atoms in total. The van der Waals surface area contributed by atoms with E-state index < -0.39 is 0 Å². The zero-order valence-electron chi connectivity index (χ0n) is 11.3. The summed E-state index contributed by atoms with van der Waals surface area (Å²) in [5, 5.41) is 1.34. The monoisotopic (exact) mass is 252 g/mol. The van der Waals surface area contributed by atoms with E-state index in [-0.39, 0.29) is 5.41 Å². The minimum Gasteiger partial charge on any atom is -0.326 e. The van der Waals surface area contributed by atoms with Gasteiger partial charge in [0, 0.05) is 22.8 Å². The van der Waals surface area contributed by atoms with Crippen LogP contribution in [0.4, 0.5) is 0 Å². The van der Waals surface area contributed by atoms with Gasteiger partial charge in [-0.2, -0.15) is 0 Å². The predicted molar refractivity (Wildman–Crippen MR) is 74.5 cm³/mol. The lowest BCUT2D eigenvalue weighted by atomic mass is 9.89. The lowest BCUT2D eigenvalue weighted by Gasteiger charge is -2.20. The quantitative estimate of drug-likeness (QED) is 0.865. The second kappa shape index (κ2) is 5.07. The summed E-state index contributed by atoms with van der Waals surface area (Å²) in [6, 6.07) is 0. The number of rotatable bonds is 2. The van der Waals surface area contributed by atoms with E-state index in [9.17, 15) is 0 Å². The lowest BCUT2D eigenvalue weighted by molar-refractivity contribution is 0.440. The van der Waals surface area contributed by atoms with Gasteiger partial charge in [0.25, 0.3) is 0 Å². The summed E-state index contributed by atoms with van der Waals surface area (Å²) < 4.78 is 0. The highest BCUT2D eigenvalue weighted by molar-refractivity contribution is 7.11. The van der Waals surface area contributed by atoms with Gasteiger partial charge in [-0.15, -0.1) is 11.3 Å². The van der Waals surface area contributed by atoms with E-state index in [1.54, 1.807) is 0 Å². The Bertz CT molecular complexity index is 370. The van der Waals surface area contributed by atoms with Crippen LogP contribution in [-0.2, 0) is 12.0 Å². The second-order valence-electron chi connectivity index (χ2n) is 6.11. The third-order valence-corrected chi connectivity index (χ3v) is 4.80. The highest BCUT2D eigenvalue weighted by Crippen LogP contribution is 2.38. The van der Waals surface area contributed by atoms with Gasteiger partial charge in [-0.25, -0.2) is 4.98 Å². The van der Waals surface area contributed by atoms with Gasteiger partial charge in [-0.05, 0) is 12.8 Å². The van der Waals surface area contributed by atoms with E-state index in [4.69, 9.17) is 10.7 Å². The number of thiazole rings is 1. The zero-order valence-corrected chi connectivity index (χ0v) is 12.1. The Morgan fingerprint density at radius 3 is 2.35 bits per heavy atom. The van der Waals surface area contributed by atoms with Crippen molar-refractivity contribution in [2.75, 3.05) is 0 Å². The van der Waals surface area contributed by atoms with Gasteiger partial charge >= 0.3 is 0 Å². The average Bonchev–Trinajstić information content (AvgIpc) is 2.74. The summed E-state index contributed by atoms with van der Waals surface area (Å²) in [4.78, 5) is 6.20. The molecule has 2 N–H and O–H groups in total. The fourth-order valence-electron chi connectivity index (χ4n) is 2.62. The first-order valence-electron chi connectivity index (χ1n) is 6.72. The molecule has 3 heteroatoms. The van der Waals surface area contributed by atoms with Crippen molar-refractivity contribution < 1.29 is 0 Å². The Kier molecular flexibility index (Phi) is 3.88. The van der Waals surface area contributed by atoms with Crippen LogP contribution in [0, 0.1) is 0 Å². The van der Waals surface area contributed by atoms with E-state index >= 15 is 0 Å². The van der Waals surface area contributed by atoms with E-state index in [1.807, 2.05) is 11.3 Å². The first-order chi connectivity index (χ1) is 8.02. The molecule has 1 aromatic heterocycles. The van der Waals surface area contributed by atoms with Crippen molar-refractivity contribution in [2.24, 2.45) is 5.73 Å². The first-order valence-corrected chi connectivity index (χ1v) is 7.54. The molecule has 0 atom stereocenters. The molecule has 1 heterocycles. The van der Waals surface area contributed by atoms with Crippen LogP contribution in [0.2, 0.25) is 0 Å². The van der Waals surface area contributed by atoms with Gasteiger partial charge in [-0.3, -0.25) is 0 Å². The minimum absolute atomic E-state index is 0.123. The summed E-state index contributed by atoms with van der Waals surface area (Å²) in [7, 11) is 0. The lowest BCUT2D eigenvalue weighted by Crippen LogP contribution is -2.15. The van der Waals surface area contributed by atoms with Crippen molar-refractivity contribution in [2.45, 2.75) is 70.8 Å². The van der Waals surface area contributed by atoms with Crippen molar-refractivity contribution in [3.05, 3.63) is 15.6 Å². The molecule has 17 heavy (non-hydrogen) atoms. The number of hydrogen-bond acceptors (Lipinski definition) is 3. The van der Waals surface area contributed by atoms with Crippen molar-refractivity contribution in [3.8, 4) is 0 Å². The summed E-state index contributed by atoms with van der Waals surface area (Å²) in [6.45, 7) is 7.32. The van der Waals surface area contributed by atoms with Crippen LogP contribution < -0.4 is 5.73 Å². The highest BCUT2D eigenvalue weighted by atomic mass is 32.1. The zero-order chi connectivity index (χ0) is 12.5. The second-order valence-corrected chi connectivity index (χ2v) is 7.23. The normalized spacial score (nSPS) is 18.6. The van der Waals surface area contributed by atoms with Crippen molar-refractivity contribution >= 4 is 11.3 Å². The third kappa shape index (κ3) is 2.89. The van der Waals surface area contributed by atoms with Crippen molar-refractivity contribution in [1.29, 1.82) is 0 Å². The fourth-order valence-corrected chi connectivity index (χ4v) is 3.94. The summed E-state index contributed by atoms with van der Waals surface area (Å²) in [5.41, 5.74) is 7.21. The maximum atomic E-state index is 5.86. The molecule has 0 aliphatic heterocycles. The molecule has 0 unspecified atom stereocenters. The Morgan fingerprint density at radius 2 is 1.88 bits per heavy atom. The van der Waals surface area contributed by atoms with Crippen LogP contribution >= 0.6 is 11.3 Å². The molecule has 2 rings (SSSR count). The van der Waals surface area contributed by atoms with Gasteiger partial charge in [0.2, 0.25) is 0 Å². The van der Waals surface area contributed by atoms with Gasteiger partial charge in [0.1, 0.15) is 0 Å². The van der Waals surface area contributed by atoms with Crippen LogP contribution in [0.25, 0.3) is 0 Å².